The second-order valence-corrected chi connectivity index (χ2v) is 5.41. The molecule has 2 rings (SSSR count). The van der Waals surface area contributed by atoms with Gasteiger partial charge in [-0.15, -0.1) is 0 Å². The number of nitrogens with zero attached hydrogens (tertiary/aromatic N) is 1. The highest BCUT2D eigenvalue weighted by Crippen LogP contribution is 2.27. The fourth-order valence-electron chi connectivity index (χ4n) is 2.19. The zero-order chi connectivity index (χ0) is 17.0. The number of carbonyl (C=O) groups excluding carboxylic acids is 1. The van der Waals surface area contributed by atoms with Crippen LogP contribution in [0.2, 0.25) is 5.15 Å². The highest BCUT2D eigenvalue weighted by molar-refractivity contribution is 6.30. The lowest BCUT2D eigenvalue weighted by atomic mass is 9.91. The number of aromatic nitrogens is 1. The first-order valence-corrected chi connectivity index (χ1v) is 7.14. The van der Waals surface area contributed by atoms with Crippen molar-refractivity contribution in [1.29, 1.82) is 0 Å². The first-order valence-electron chi connectivity index (χ1n) is 6.77. The average Bonchev–Trinajstić information content (AvgIpc) is 2.55. The summed E-state index contributed by atoms with van der Waals surface area (Å²) in [6.07, 6.45) is 1.53. The van der Waals surface area contributed by atoms with Gasteiger partial charge < -0.3 is 4.74 Å². The van der Waals surface area contributed by atoms with Gasteiger partial charge in [-0.25, -0.2) is 18.6 Å². The summed E-state index contributed by atoms with van der Waals surface area (Å²) in [6.45, 7) is 1.54. The Kier molecular flexibility index (Phi) is 5.28. The number of halogens is 3. The molecule has 0 aliphatic heterocycles. The smallest absolute Gasteiger partial charge is 0.330 e. The van der Waals surface area contributed by atoms with Gasteiger partial charge in [-0.2, -0.15) is 0 Å². The van der Waals surface area contributed by atoms with Gasteiger partial charge in [0.05, 0.1) is 7.11 Å². The van der Waals surface area contributed by atoms with E-state index in [0.717, 1.165) is 18.2 Å². The van der Waals surface area contributed by atoms with Crippen LogP contribution >= 0.6 is 11.6 Å². The van der Waals surface area contributed by atoms with Crippen LogP contribution in [0, 0.1) is 11.6 Å². The predicted octanol–water partition coefficient (Wildman–Crippen LogP) is 3.19. The van der Waals surface area contributed by atoms with E-state index in [1.165, 1.54) is 20.2 Å². The van der Waals surface area contributed by atoms with E-state index in [0.29, 0.717) is 5.56 Å². The molecule has 1 aromatic heterocycles. The molecule has 0 fully saturated rings. The van der Waals surface area contributed by atoms with Crippen LogP contribution in [0.25, 0.3) is 0 Å². The summed E-state index contributed by atoms with van der Waals surface area (Å²) in [5.74, 6) is -2.12. The average molecular weight is 341 g/mol. The van der Waals surface area contributed by atoms with Crippen LogP contribution in [0.4, 0.5) is 8.78 Å². The number of pyridine rings is 1. The second kappa shape index (κ2) is 7.02. The Balaban J connectivity index is 2.38. The van der Waals surface area contributed by atoms with Crippen LogP contribution in [0.1, 0.15) is 18.1 Å². The fourth-order valence-corrected chi connectivity index (χ4v) is 2.37. The number of benzene rings is 1. The highest BCUT2D eigenvalue weighted by Gasteiger charge is 2.38. The molecule has 0 bridgehead atoms. The number of carbonyl (C=O) groups is 1. The molecule has 0 aliphatic rings. The zero-order valence-corrected chi connectivity index (χ0v) is 13.3. The predicted molar refractivity (Wildman–Crippen MR) is 81.8 cm³/mol. The molecule has 0 spiro atoms. The van der Waals surface area contributed by atoms with Crippen molar-refractivity contribution in [3.05, 3.63) is 64.4 Å². The Morgan fingerprint density at radius 2 is 2.13 bits per heavy atom. The van der Waals surface area contributed by atoms with E-state index < -0.39 is 23.1 Å². The summed E-state index contributed by atoms with van der Waals surface area (Å²) >= 11 is 5.97. The number of hydrogen-bond acceptors (Lipinski definition) is 4. The number of esters is 1. The van der Waals surface area contributed by atoms with Gasteiger partial charge in [-0.1, -0.05) is 17.7 Å². The summed E-state index contributed by atoms with van der Waals surface area (Å²) in [5.41, 5.74) is -1.12. The molecule has 0 saturated carbocycles. The molecule has 0 aliphatic carbocycles. The standard InChI is InChI=1S/C16H15ClF2N2O2/c1-16(15(22)23-2,12-8-11(18)5-6-13(12)19)21-9-10-4-3-7-20-14(10)17/h3-8,21H,9H2,1-2H3. The molecule has 1 heterocycles. The van der Waals surface area contributed by atoms with Gasteiger partial charge in [0, 0.05) is 23.9 Å². The Labute approximate surface area is 137 Å². The fraction of sp³-hybridized carbons (Fsp3) is 0.250. The number of nitrogens with one attached hydrogen (secondary N) is 1. The van der Waals surface area contributed by atoms with Crippen LogP contribution in [-0.2, 0) is 21.6 Å². The third-order valence-electron chi connectivity index (χ3n) is 3.53. The van der Waals surface area contributed by atoms with Crippen molar-refractivity contribution in [3.63, 3.8) is 0 Å². The van der Waals surface area contributed by atoms with E-state index in [-0.39, 0.29) is 17.3 Å². The molecule has 1 atom stereocenters. The van der Waals surface area contributed by atoms with E-state index in [9.17, 15) is 13.6 Å². The summed E-state index contributed by atoms with van der Waals surface area (Å²) in [4.78, 5) is 16.1. The molecular weight excluding hydrogens is 326 g/mol. The van der Waals surface area contributed by atoms with Crippen LogP contribution < -0.4 is 5.32 Å². The topological polar surface area (TPSA) is 51.2 Å². The number of methoxy groups -OCH3 is 1. The minimum Gasteiger partial charge on any atom is -0.467 e. The van der Waals surface area contributed by atoms with Crippen LogP contribution in [0.15, 0.2) is 36.5 Å². The van der Waals surface area contributed by atoms with Gasteiger partial charge in [-0.3, -0.25) is 5.32 Å². The molecule has 0 radical (unpaired) electrons. The number of rotatable bonds is 5. The third kappa shape index (κ3) is 3.65. The van der Waals surface area contributed by atoms with Crippen molar-refractivity contribution in [1.82, 2.24) is 10.3 Å². The normalized spacial score (nSPS) is 13.4. The first-order chi connectivity index (χ1) is 10.9. The lowest BCUT2D eigenvalue weighted by molar-refractivity contribution is -0.148. The largest absolute Gasteiger partial charge is 0.467 e. The molecule has 1 N–H and O–H groups in total. The summed E-state index contributed by atoms with van der Waals surface area (Å²) in [5, 5.41) is 3.14. The molecule has 2 aromatic rings. The lowest BCUT2D eigenvalue weighted by Crippen LogP contribution is -2.47. The van der Waals surface area contributed by atoms with Crippen molar-refractivity contribution in [3.8, 4) is 0 Å². The maximum Gasteiger partial charge on any atom is 0.330 e. The molecule has 4 nitrogen and oxygen atoms in total. The quantitative estimate of drug-likeness (QED) is 0.671. The summed E-state index contributed by atoms with van der Waals surface area (Å²) < 4.78 is 32.4. The molecular formula is C16H15ClF2N2O2. The van der Waals surface area contributed by atoms with Crippen molar-refractivity contribution in [2.75, 3.05) is 7.11 Å². The van der Waals surface area contributed by atoms with Crippen molar-refractivity contribution >= 4 is 17.6 Å². The second-order valence-electron chi connectivity index (χ2n) is 5.05. The van der Waals surface area contributed by atoms with Crippen LogP contribution in [0.3, 0.4) is 0 Å². The van der Waals surface area contributed by atoms with Crippen molar-refractivity contribution in [2.45, 2.75) is 19.0 Å². The Hall–Kier alpha value is -2.05. The summed E-state index contributed by atoms with van der Waals surface area (Å²) in [6, 6.07) is 6.30. The van der Waals surface area contributed by atoms with Gasteiger partial charge in [0.2, 0.25) is 0 Å². The Bertz CT molecular complexity index is 727. The maximum absolute atomic E-state index is 14.1. The molecule has 23 heavy (non-hydrogen) atoms. The van der Waals surface area contributed by atoms with Gasteiger partial charge in [0.1, 0.15) is 22.3 Å². The number of ether oxygens (including phenoxy) is 1. The van der Waals surface area contributed by atoms with Gasteiger partial charge in [0.25, 0.3) is 0 Å². The van der Waals surface area contributed by atoms with E-state index in [1.807, 2.05) is 0 Å². The molecule has 0 amide bonds. The van der Waals surface area contributed by atoms with Crippen molar-refractivity contribution < 1.29 is 18.3 Å². The highest BCUT2D eigenvalue weighted by atomic mass is 35.5. The van der Waals surface area contributed by atoms with E-state index in [2.05, 4.69) is 10.3 Å². The van der Waals surface area contributed by atoms with Crippen LogP contribution in [0.5, 0.6) is 0 Å². The molecule has 122 valence electrons. The van der Waals surface area contributed by atoms with Gasteiger partial charge in [0.15, 0.2) is 0 Å². The maximum atomic E-state index is 14.1. The number of hydrogen-bond donors (Lipinski definition) is 1. The Morgan fingerprint density at radius 1 is 1.39 bits per heavy atom. The minimum absolute atomic E-state index is 0.119. The third-order valence-corrected chi connectivity index (χ3v) is 3.87. The molecule has 0 saturated heterocycles. The molecule has 1 aromatic carbocycles. The Morgan fingerprint density at radius 3 is 2.78 bits per heavy atom. The zero-order valence-electron chi connectivity index (χ0n) is 12.6. The molecule has 7 heteroatoms. The van der Waals surface area contributed by atoms with Gasteiger partial charge in [-0.05, 0) is 31.2 Å². The van der Waals surface area contributed by atoms with Crippen molar-refractivity contribution in [2.24, 2.45) is 0 Å². The van der Waals surface area contributed by atoms with Gasteiger partial charge >= 0.3 is 5.97 Å². The summed E-state index contributed by atoms with van der Waals surface area (Å²) in [7, 11) is 1.18. The monoisotopic (exact) mass is 340 g/mol. The van der Waals surface area contributed by atoms with Crippen LogP contribution in [-0.4, -0.2) is 18.1 Å². The SMILES string of the molecule is COC(=O)C(C)(NCc1cccnc1Cl)c1cc(F)ccc1F. The van der Waals surface area contributed by atoms with E-state index >= 15 is 0 Å². The molecule has 1 unspecified atom stereocenters. The lowest BCUT2D eigenvalue weighted by Gasteiger charge is -2.29. The first kappa shape index (κ1) is 17.3. The van der Waals surface area contributed by atoms with E-state index in [4.69, 9.17) is 16.3 Å². The van der Waals surface area contributed by atoms with E-state index in [1.54, 1.807) is 12.1 Å². The minimum atomic E-state index is -1.58.